The van der Waals surface area contributed by atoms with Crippen LogP contribution < -0.4 is 38.4 Å². The topological polar surface area (TPSA) is 94.9 Å². The summed E-state index contributed by atoms with van der Waals surface area (Å²) in [6.07, 6.45) is 5.14. The zero-order chi connectivity index (χ0) is 84.7. The minimum absolute atomic E-state index is 0.0474. The Bertz CT molecular complexity index is 5230. The molecule has 0 aliphatic carbocycles. The summed E-state index contributed by atoms with van der Waals surface area (Å²) in [5.41, 5.74) is 9.63. The van der Waals surface area contributed by atoms with Gasteiger partial charge in [-0.3, -0.25) is 14.7 Å². The van der Waals surface area contributed by atoms with Gasteiger partial charge in [0.15, 0.2) is 5.58 Å². The Kier molecular flexibility index (Phi) is 32.4. The molecule has 4 aliphatic rings. The van der Waals surface area contributed by atoms with Gasteiger partial charge in [-0.15, -0.1) is 0 Å². The molecule has 0 saturated carbocycles. The van der Waals surface area contributed by atoms with Crippen LogP contribution in [0.25, 0.3) is 11.0 Å². The van der Waals surface area contributed by atoms with Crippen molar-refractivity contribution in [1.29, 1.82) is 0 Å². The molecule has 1 aromatic heterocycles. The van der Waals surface area contributed by atoms with Crippen molar-refractivity contribution in [2.45, 2.75) is 68.9 Å². The third kappa shape index (κ3) is 26.4. The van der Waals surface area contributed by atoms with Crippen LogP contribution in [0.3, 0.4) is 0 Å². The number of ether oxygens (including phenoxy) is 5. The summed E-state index contributed by atoms with van der Waals surface area (Å²) >= 11 is 6.14. The molecule has 20 heteroatoms. The van der Waals surface area contributed by atoms with Gasteiger partial charge in [0.2, 0.25) is 0 Å². The van der Waals surface area contributed by atoms with Gasteiger partial charge in [-0.1, -0.05) is 174 Å². The molecule has 0 amide bonds. The van der Waals surface area contributed by atoms with E-state index in [9.17, 15) is 22.0 Å². The number of hydrogen-bond donors (Lipinski definition) is 0. The summed E-state index contributed by atoms with van der Waals surface area (Å²) in [5.74, 6) is 2.65. The van der Waals surface area contributed by atoms with Gasteiger partial charge in [-0.2, -0.15) is 0 Å². The van der Waals surface area contributed by atoms with Crippen molar-refractivity contribution in [2.24, 2.45) is 0 Å². The number of fused-ring (bicyclic) bond motifs is 1. The van der Waals surface area contributed by atoms with E-state index in [1.807, 2.05) is 103 Å². The van der Waals surface area contributed by atoms with Gasteiger partial charge in [0.1, 0.15) is 82.2 Å². The zero-order valence-corrected chi connectivity index (χ0v) is 70.4. The lowest BCUT2D eigenvalue weighted by Crippen LogP contribution is -2.47. The first kappa shape index (κ1) is 87.6. The molecule has 14 nitrogen and oxygen atoms in total. The van der Waals surface area contributed by atoms with E-state index in [-0.39, 0.29) is 53.5 Å². The number of anilines is 3. The van der Waals surface area contributed by atoms with Crippen molar-refractivity contribution in [3.8, 4) is 28.7 Å². The molecular formula is C103H108ClF5N8O6. The lowest BCUT2D eigenvalue weighted by atomic mass is 9.91. The molecule has 0 radical (unpaired) electrons. The minimum atomic E-state index is -0.309. The van der Waals surface area contributed by atoms with Crippen LogP contribution in [-0.4, -0.2) is 150 Å². The molecular weight excluding hydrogens is 1580 g/mol. The smallest absolute Gasteiger partial charge is 0.170 e. The van der Waals surface area contributed by atoms with Gasteiger partial charge in [0.25, 0.3) is 0 Å². The van der Waals surface area contributed by atoms with Crippen LogP contribution in [0.2, 0.25) is 5.02 Å². The third-order valence-electron chi connectivity index (χ3n) is 23.2. The number of benzene rings is 12. The molecule has 13 aromatic rings. The molecule has 4 aliphatic heterocycles. The van der Waals surface area contributed by atoms with Crippen LogP contribution >= 0.6 is 11.6 Å². The number of piperazine rings is 3. The first-order valence-corrected chi connectivity index (χ1v) is 43.2. The summed E-state index contributed by atoms with van der Waals surface area (Å²) < 4.78 is 102. The first-order chi connectivity index (χ1) is 60.3. The van der Waals surface area contributed by atoms with E-state index in [1.54, 1.807) is 61.7 Å². The highest BCUT2D eigenvalue weighted by Crippen LogP contribution is 2.37. The Labute approximate surface area is 725 Å². The largest absolute Gasteiger partial charge is 0.495 e. The maximum absolute atomic E-state index is 13.4. The monoisotopic (exact) mass is 1680 g/mol. The van der Waals surface area contributed by atoms with Crippen LogP contribution in [0.4, 0.5) is 39.0 Å². The molecule has 638 valence electrons. The molecule has 123 heavy (non-hydrogen) atoms. The highest BCUT2D eigenvalue weighted by atomic mass is 35.5. The van der Waals surface area contributed by atoms with Gasteiger partial charge in [0, 0.05) is 164 Å². The van der Waals surface area contributed by atoms with E-state index in [4.69, 9.17) is 39.8 Å². The fourth-order valence-electron chi connectivity index (χ4n) is 16.3. The molecule has 4 atom stereocenters. The lowest BCUT2D eigenvalue weighted by Gasteiger charge is -2.37. The van der Waals surface area contributed by atoms with E-state index >= 15 is 0 Å². The van der Waals surface area contributed by atoms with Crippen LogP contribution in [0.1, 0.15) is 96.8 Å². The van der Waals surface area contributed by atoms with Crippen molar-refractivity contribution in [3.05, 3.63) is 378 Å². The zero-order valence-electron chi connectivity index (χ0n) is 69.7. The number of methoxy groups -OCH3 is 1. The van der Waals surface area contributed by atoms with E-state index < -0.39 is 0 Å². The highest BCUT2D eigenvalue weighted by Gasteiger charge is 2.29. The average Bonchev–Trinajstić information content (AvgIpc) is 1.68. The molecule has 12 aromatic carbocycles. The van der Waals surface area contributed by atoms with Crippen LogP contribution in [0, 0.1) is 29.1 Å². The summed E-state index contributed by atoms with van der Waals surface area (Å²) in [6.45, 7) is 17.8. The highest BCUT2D eigenvalue weighted by molar-refractivity contribution is 6.30. The number of nitrogens with zero attached hydrogens (tertiary/aromatic N) is 8. The molecule has 4 saturated heterocycles. The number of rotatable bonds is 29. The standard InChI is InChI=1S/C27H26F2N2O2.C26H29FN2O2.C25H26ClFN2O.C25H27FN2O/c28-21-6-9-23(10-7-21)32-25(19-4-2-1-3-5-19)14-17-31-15-12-20(13-16-31)27-24-11-8-22(29)18-26(24)33-30-27;1-30-26-10-6-5-9-24(26)29-19-17-28(18-20-29)16-15-25(21-7-3-2-4-8-21)31-23-13-11-22(27)12-14-23;26-21-7-4-8-23(19-21)29-17-15-28(16-18-29)14-13-25(20-5-2-1-3-6-20)30-24-11-9-22(27)10-12-24;26-22-11-13-24(14-12-22)29-25(21-7-3-1-4-8-21)15-16-27-17-19-28(20-18-27)23-9-5-2-6-10-23/h1-11,18,20,25H,12-17H2;2-14,25H,15-20H2,1H3;1-12,19,25H,13-18H2;1-14,25H,15-20H2. The minimum Gasteiger partial charge on any atom is -0.495 e. The van der Waals surface area contributed by atoms with E-state index in [0.717, 1.165) is 206 Å². The number of aromatic nitrogens is 1. The number of likely N-dealkylation sites (tertiary alicyclic amines) is 1. The summed E-state index contributed by atoms with van der Waals surface area (Å²) in [6, 6.07) is 97.4. The second-order valence-corrected chi connectivity index (χ2v) is 31.8. The second kappa shape index (κ2) is 45.4. The van der Waals surface area contributed by atoms with Crippen LogP contribution in [0.5, 0.6) is 28.7 Å². The van der Waals surface area contributed by atoms with E-state index in [2.05, 4.69) is 137 Å². The number of para-hydroxylation sites is 3. The van der Waals surface area contributed by atoms with Crippen molar-refractivity contribution < 1.29 is 50.2 Å². The number of piperidine rings is 1. The molecule has 0 N–H and O–H groups in total. The number of hydrogen-bond acceptors (Lipinski definition) is 14. The van der Waals surface area contributed by atoms with E-state index in [1.165, 1.54) is 72.0 Å². The molecule has 17 rings (SSSR count). The predicted octanol–water partition coefficient (Wildman–Crippen LogP) is 22.6. The average molecular weight is 1680 g/mol. The van der Waals surface area contributed by atoms with Gasteiger partial charge in [-0.05, 0) is 200 Å². The summed E-state index contributed by atoms with van der Waals surface area (Å²) in [4.78, 5) is 17.1. The van der Waals surface area contributed by atoms with Crippen molar-refractivity contribution in [3.63, 3.8) is 0 Å². The van der Waals surface area contributed by atoms with Crippen molar-refractivity contribution >= 4 is 39.6 Å². The number of halogens is 6. The Hall–Kier alpha value is -11.7. The van der Waals surface area contributed by atoms with Gasteiger partial charge in [0.05, 0.1) is 18.5 Å². The quantitative estimate of drug-likeness (QED) is 0.0416. The molecule has 0 spiro atoms. The van der Waals surface area contributed by atoms with Gasteiger partial charge < -0.3 is 47.8 Å². The maximum Gasteiger partial charge on any atom is 0.170 e. The molecule has 0 bridgehead atoms. The van der Waals surface area contributed by atoms with Crippen LogP contribution in [0.15, 0.2) is 320 Å². The Morgan fingerprint density at radius 2 is 0.659 bits per heavy atom. The maximum atomic E-state index is 13.4. The van der Waals surface area contributed by atoms with E-state index in [0.29, 0.717) is 34.5 Å². The fraction of sp³-hybridized carbons (Fsp3) is 0.291. The van der Waals surface area contributed by atoms with Gasteiger partial charge in [-0.25, -0.2) is 22.0 Å². The molecule has 5 heterocycles. The fourth-order valence-corrected chi connectivity index (χ4v) is 16.5. The SMILES string of the molecule is COc1ccccc1N1CCN(CCC(Oc2ccc(F)cc2)c2ccccc2)CC1.Fc1ccc(OC(CCN2CCC(c3noc4cc(F)ccc34)CC2)c2ccccc2)cc1.Fc1ccc(OC(CCN2CCN(c3cccc(Cl)c3)CC2)c2ccccc2)cc1.Fc1ccc(OC(CCN2CCN(c3ccccc3)CC2)c2ccccc2)cc1. The molecule has 4 fully saturated rings. The third-order valence-corrected chi connectivity index (χ3v) is 23.4. The van der Waals surface area contributed by atoms with Crippen molar-refractivity contribution in [1.82, 2.24) is 24.8 Å². The summed E-state index contributed by atoms with van der Waals surface area (Å²) in [5, 5.41) is 5.93. The second-order valence-electron chi connectivity index (χ2n) is 31.3. The normalized spacial score (nSPS) is 15.8. The van der Waals surface area contributed by atoms with Gasteiger partial charge >= 0.3 is 0 Å². The Balaban J connectivity index is 0.000000134. The van der Waals surface area contributed by atoms with Crippen molar-refractivity contribution in [2.75, 3.05) is 140 Å². The first-order valence-electron chi connectivity index (χ1n) is 42.8. The Morgan fingerprint density at radius 3 is 1.03 bits per heavy atom. The molecule has 4 unspecified atom stereocenters. The predicted molar refractivity (Wildman–Crippen MR) is 483 cm³/mol. The van der Waals surface area contributed by atoms with Crippen LogP contribution in [-0.2, 0) is 0 Å². The Morgan fingerprint density at radius 1 is 0.333 bits per heavy atom. The lowest BCUT2D eigenvalue weighted by molar-refractivity contribution is 0.147. The summed E-state index contributed by atoms with van der Waals surface area (Å²) in [7, 11) is 1.72.